The molecule has 3 rings (SSSR count). The number of rotatable bonds is 2. The third kappa shape index (κ3) is 3.03. The van der Waals surface area contributed by atoms with Crippen LogP contribution in [0.1, 0.15) is 36.0 Å². The van der Waals surface area contributed by atoms with Gasteiger partial charge in [0.05, 0.1) is 0 Å². The second-order valence-corrected chi connectivity index (χ2v) is 5.50. The van der Waals surface area contributed by atoms with Crippen LogP contribution in [0.15, 0.2) is 24.5 Å². The average Bonchev–Trinajstić information content (AvgIpc) is 2.97. The molecule has 112 valence electrons. The van der Waals surface area contributed by atoms with Gasteiger partial charge < -0.3 is 0 Å². The quantitative estimate of drug-likeness (QED) is 0.569. The maximum atomic E-state index is 12.2. The molecule has 1 aliphatic heterocycles. The summed E-state index contributed by atoms with van der Waals surface area (Å²) in [5.41, 5.74) is 11.6. The lowest BCUT2D eigenvalue weighted by Gasteiger charge is -2.26. The van der Waals surface area contributed by atoms with Gasteiger partial charge >= 0.3 is 0 Å². The smallest absolute Gasteiger partial charge is 0.269 e. The van der Waals surface area contributed by atoms with Gasteiger partial charge in [0.25, 0.3) is 11.8 Å². The number of hydrogen-bond donors (Lipinski definition) is 4. The van der Waals surface area contributed by atoms with Crippen LogP contribution < -0.4 is 21.7 Å². The zero-order valence-electron chi connectivity index (χ0n) is 11.6. The Hall–Kier alpha value is -1.99. The third-order valence-electron chi connectivity index (χ3n) is 4.20. The molecule has 0 spiro atoms. The van der Waals surface area contributed by atoms with Gasteiger partial charge in [-0.1, -0.05) is 12.8 Å². The monoisotopic (exact) mass is 289 g/mol. The highest BCUT2D eigenvalue weighted by atomic mass is 16.2. The van der Waals surface area contributed by atoms with E-state index in [2.05, 4.69) is 26.7 Å². The van der Waals surface area contributed by atoms with E-state index >= 15 is 0 Å². The molecular weight excluding hydrogens is 270 g/mol. The fraction of sp³-hybridized carbons (Fsp3) is 0.500. The highest BCUT2D eigenvalue weighted by Crippen LogP contribution is 2.29. The van der Waals surface area contributed by atoms with Crippen molar-refractivity contribution in [1.29, 1.82) is 0 Å². The molecule has 2 aliphatic rings. The summed E-state index contributed by atoms with van der Waals surface area (Å²) in [5, 5.41) is 0. The summed E-state index contributed by atoms with van der Waals surface area (Å²) in [6, 6.07) is 3.24. The first-order valence-electron chi connectivity index (χ1n) is 7.27. The number of fused-ring (bicyclic) bond motifs is 1. The van der Waals surface area contributed by atoms with Gasteiger partial charge in [-0.3, -0.25) is 30.9 Å². The molecule has 4 N–H and O–H groups in total. The maximum Gasteiger partial charge on any atom is 0.269 e. The van der Waals surface area contributed by atoms with Crippen LogP contribution in [-0.4, -0.2) is 28.9 Å². The minimum Gasteiger partial charge on any atom is -0.271 e. The van der Waals surface area contributed by atoms with Crippen LogP contribution in [-0.2, 0) is 4.79 Å². The Morgan fingerprint density at radius 3 is 2.67 bits per heavy atom. The van der Waals surface area contributed by atoms with E-state index in [9.17, 15) is 9.59 Å². The highest BCUT2D eigenvalue weighted by Gasteiger charge is 2.41. The van der Waals surface area contributed by atoms with Crippen LogP contribution in [0.5, 0.6) is 0 Å². The van der Waals surface area contributed by atoms with E-state index in [-0.39, 0.29) is 23.8 Å². The molecule has 0 radical (unpaired) electrons. The molecule has 3 unspecified atom stereocenters. The molecule has 1 saturated heterocycles. The molecule has 1 aromatic rings. The fourth-order valence-electron chi connectivity index (χ4n) is 3.07. The Labute approximate surface area is 122 Å². The summed E-state index contributed by atoms with van der Waals surface area (Å²) in [5.74, 6) is -0.271. The summed E-state index contributed by atoms with van der Waals surface area (Å²) in [6.45, 7) is 0. The molecule has 1 saturated carbocycles. The molecule has 21 heavy (non-hydrogen) atoms. The van der Waals surface area contributed by atoms with Gasteiger partial charge in [0.2, 0.25) is 0 Å². The van der Waals surface area contributed by atoms with Gasteiger partial charge in [-0.2, -0.15) is 0 Å². The zero-order chi connectivity index (χ0) is 14.7. The van der Waals surface area contributed by atoms with E-state index in [1.807, 2.05) is 0 Å². The normalized spacial score (nSPS) is 27.7. The standard InChI is InChI=1S/C14H19N5O2/c20-13(9-5-7-15-8-6-9)18-19-14(21)12-10-3-1-2-4-11(10)16-17-12/h5-8,10-12,16-17H,1-4H2,(H,18,20)(H,19,21). The number of nitrogens with zero attached hydrogens (tertiary/aromatic N) is 1. The number of carbonyl (C=O) groups excluding carboxylic acids is 2. The molecule has 2 heterocycles. The van der Waals surface area contributed by atoms with Crippen molar-refractivity contribution in [2.24, 2.45) is 5.92 Å². The number of nitrogens with one attached hydrogen (secondary N) is 4. The Morgan fingerprint density at radius 2 is 1.86 bits per heavy atom. The maximum absolute atomic E-state index is 12.2. The molecule has 7 nitrogen and oxygen atoms in total. The largest absolute Gasteiger partial charge is 0.271 e. The van der Waals surface area contributed by atoms with E-state index in [1.54, 1.807) is 12.1 Å². The van der Waals surface area contributed by atoms with Gasteiger partial charge in [0.15, 0.2) is 0 Å². The molecule has 0 bridgehead atoms. The van der Waals surface area contributed by atoms with Crippen molar-refractivity contribution in [2.75, 3.05) is 0 Å². The molecular formula is C14H19N5O2. The van der Waals surface area contributed by atoms with Crippen LogP contribution in [0.3, 0.4) is 0 Å². The first kappa shape index (κ1) is 14.0. The van der Waals surface area contributed by atoms with Crippen molar-refractivity contribution in [2.45, 2.75) is 37.8 Å². The predicted molar refractivity (Wildman–Crippen MR) is 75.7 cm³/mol. The lowest BCUT2D eigenvalue weighted by Crippen LogP contribution is -2.52. The van der Waals surface area contributed by atoms with Crippen molar-refractivity contribution < 1.29 is 9.59 Å². The summed E-state index contributed by atoms with van der Waals surface area (Å²) in [4.78, 5) is 27.9. The van der Waals surface area contributed by atoms with Crippen LogP contribution in [0, 0.1) is 5.92 Å². The predicted octanol–water partition coefficient (Wildman–Crippen LogP) is -0.122. The first-order valence-corrected chi connectivity index (χ1v) is 7.27. The van der Waals surface area contributed by atoms with Crippen molar-refractivity contribution in [3.05, 3.63) is 30.1 Å². The Balaban J connectivity index is 1.54. The van der Waals surface area contributed by atoms with Crippen LogP contribution in [0.4, 0.5) is 0 Å². The number of carbonyl (C=O) groups is 2. The zero-order valence-corrected chi connectivity index (χ0v) is 11.6. The van der Waals surface area contributed by atoms with Crippen LogP contribution in [0.2, 0.25) is 0 Å². The SMILES string of the molecule is O=C(NNC(=O)C1NNC2CCCCC21)c1ccncc1. The fourth-order valence-corrected chi connectivity index (χ4v) is 3.07. The molecule has 2 fully saturated rings. The minimum absolute atomic E-state index is 0.209. The van der Waals surface area contributed by atoms with E-state index in [0.717, 1.165) is 19.3 Å². The number of hydrogen-bond acceptors (Lipinski definition) is 5. The van der Waals surface area contributed by atoms with E-state index in [0.29, 0.717) is 11.6 Å². The third-order valence-corrected chi connectivity index (χ3v) is 4.20. The number of amides is 2. The van der Waals surface area contributed by atoms with Crippen molar-refractivity contribution >= 4 is 11.8 Å². The number of hydrazine groups is 2. The summed E-state index contributed by atoms with van der Waals surface area (Å²) in [6.07, 6.45) is 7.53. The molecule has 1 aliphatic carbocycles. The van der Waals surface area contributed by atoms with Crippen LogP contribution >= 0.6 is 0 Å². The van der Waals surface area contributed by atoms with Crippen molar-refractivity contribution in [3.8, 4) is 0 Å². The summed E-state index contributed by atoms with van der Waals surface area (Å²) >= 11 is 0. The van der Waals surface area contributed by atoms with E-state index in [4.69, 9.17) is 0 Å². The lowest BCUT2D eigenvalue weighted by atomic mass is 9.81. The average molecular weight is 289 g/mol. The second kappa shape index (κ2) is 6.19. The molecule has 0 aromatic carbocycles. The second-order valence-electron chi connectivity index (χ2n) is 5.50. The molecule has 3 atom stereocenters. The van der Waals surface area contributed by atoms with E-state index < -0.39 is 0 Å². The summed E-state index contributed by atoms with van der Waals surface area (Å²) in [7, 11) is 0. The topological polar surface area (TPSA) is 95.2 Å². The van der Waals surface area contributed by atoms with Crippen LogP contribution in [0.25, 0.3) is 0 Å². The number of pyridine rings is 1. The van der Waals surface area contributed by atoms with Gasteiger partial charge in [-0.15, -0.1) is 0 Å². The molecule has 1 aromatic heterocycles. The molecule has 7 heteroatoms. The van der Waals surface area contributed by atoms with Crippen molar-refractivity contribution in [3.63, 3.8) is 0 Å². The minimum atomic E-state index is -0.350. The van der Waals surface area contributed by atoms with Gasteiger partial charge in [0, 0.05) is 29.9 Å². The van der Waals surface area contributed by atoms with Gasteiger partial charge in [0.1, 0.15) is 6.04 Å². The lowest BCUT2D eigenvalue weighted by molar-refractivity contribution is -0.124. The summed E-state index contributed by atoms with van der Waals surface area (Å²) < 4.78 is 0. The van der Waals surface area contributed by atoms with Gasteiger partial charge in [-0.25, -0.2) is 5.43 Å². The Bertz CT molecular complexity index is 521. The molecule has 2 amide bonds. The Kier molecular flexibility index (Phi) is 4.12. The first-order chi connectivity index (χ1) is 10.3. The van der Waals surface area contributed by atoms with Gasteiger partial charge in [-0.05, 0) is 25.0 Å². The number of aromatic nitrogens is 1. The van der Waals surface area contributed by atoms with E-state index in [1.165, 1.54) is 18.8 Å². The highest BCUT2D eigenvalue weighted by molar-refractivity contribution is 5.95. The Morgan fingerprint density at radius 1 is 1.10 bits per heavy atom. The van der Waals surface area contributed by atoms with Crippen molar-refractivity contribution in [1.82, 2.24) is 26.7 Å².